The van der Waals surface area contributed by atoms with E-state index in [0.717, 1.165) is 0 Å². The Hall–Kier alpha value is -1.04. The summed E-state index contributed by atoms with van der Waals surface area (Å²) < 4.78 is 39.8. The molecule has 0 radical (unpaired) electrons. The van der Waals surface area contributed by atoms with E-state index in [1.165, 1.54) is 6.92 Å². The molecule has 16 heavy (non-hydrogen) atoms. The number of hydrogen-bond donors (Lipinski definition) is 1. The van der Waals surface area contributed by atoms with Crippen LogP contribution in [0.15, 0.2) is 12.2 Å². The number of unbranched alkanes of at least 4 members (excludes halogenated alkanes) is 1. The van der Waals surface area contributed by atoms with Crippen LogP contribution in [-0.2, 0) is 9.53 Å². The van der Waals surface area contributed by atoms with Crippen LogP contribution in [0.2, 0.25) is 0 Å². The fourth-order valence-electron chi connectivity index (χ4n) is 0.870. The largest absolute Gasteiger partial charge is 0.462 e. The van der Waals surface area contributed by atoms with E-state index in [1.54, 1.807) is 0 Å². The van der Waals surface area contributed by atoms with Crippen molar-refractivity contribution in [1.29, 1.82) is 0 Å². The van der Waals surface area contributed by atoms with E-state index in [2.05, 4.69) is 11.9 Å². The average Bonchev–Trinajstić information content (AvgIpc) is 2.14. The molecule has 0 rings (SSSR count). The van der Waals surface area contributed by atoms with Gasteiger partial charge in [-0.05, 0) is 26.3 Å². The van der Waals surface area contributed by atoms with Crippen molar-refractivity contribution >= 4 is 5.97 Å². The van der Waals surface area contributed by atoms with Crippen molar-refractivity contribution in [2.45, 2.75) is 25.9 Å². The smallest absolute Gasteiger partial charge is 0.401 e. The van der Waals surface area contributed by atoms with Crippen LogP contribution in [-0.4, -0.2) is 31.8 Å². The third-order valence-corrected chi connectivity index (χ3v) is 1.65. The van der Waals surface area contributed by atoms with Gasteiger partial charge in [-0.3, -0.25) is 0 Å². The Morgan fingerprint density at radius 1 is 1.38 bits per heavy atom. The van der Waals surface area contributed by atoms with Crippen LogP contribution in [0.1, 0.15) is 19.8 Å². The molecule has 0 aliphatic rings. The molecule has 0 heterocycles. The maximum atomic E-state index is 11.7. The number of carbonyl (C=O) groups is 1. The highest BCUT2D eigenvalue weighted by atomic mass is 19.4. The minimum Gasteiger partial charge on any atom is -0.462 e. The summed E-state index contributed by atoms with van der Waals surface area (Å²) in [7, 11) is 0. The number of rotatable bonds is 7. The van der Waals surface area contributed by atoms with Gasteiger partial charge in [-0.1, -0.05) is 6.58 Å². The Balaban J connectivity index is 3.29. The molecular formula is C10H16F3NO2. The van der Waals surface area contributed by atoms with Crippen molar-refractivity contribution in [3.05, 3.63) is 12.2 Å². The Morgan fingerprint density at radius 3 is 2.50 bits per heavy atom. The molecule has 0 aliphatic heterocycles. The predicted octanol–water partition coefficient (Wildman–Crippen LogP) is 2.04. The van der Waals surface area contributed by atoms with Crippen LogP contribution in [0.5, 0.6) is 0 Å². The van der Waals surface area contributed by atoms with E-state index in [9.17, 15) is 18.0 Å². The maximum Gasteiger partial charge on any atom is 0.401 e. The Morgan fingerprint density at radius 2 is 2.00 bits per heavy atom. The van der Waals surface area contributed by atoms with E-state index < -0.39 is 18.7 Å². The SMILES string of the molecule is C=C(C)C(=O)OCCCCNCC(F)(F)F. The summed E-state index contributed by atoms with van der Waals surface area (Å²) >= 11 is 0. The molecule has 1 N–H and O–H groups in total. The van der Waals surface area contributed by atoms with Crippen LogP contribution >= 0.6 is 0 Å². The van der Waals surface area contributed by atoms with Crippen molar-refractivity contribution in [3.8, 4) is 0 Å². The number of alkyl halides is 3. The van der Waals surface area contributed by atoms with E-state index in [4.69, 9.17) is 4.74 Å². The topological polar surface area (TPSA) is 38.3 Å². The van der Waals surface area contributed by atoms with Gasteiger partial charge in [0.05, 0.1) is 13.2 Å². The van der Waals surface area contributed by atoms with Crippen molar-refractivity contribution in [2.24, 2.45) is 0 Å². The van der Waals surface area contributed by atoms with Crippen LogP contribution < -0.4 is 5.32 Å². The highest BCUT2D eigenvalue weighted by Crippen LogP contribution is 2.11. The number of hydrogen-bond acceptors (Lipinski definition) is 3. The molecular weight excluding hydrogens is 223 g/mol. The molecule has 94 valence electrons. The second kappa shape index (κ2) is 7.27. The van der Waals surface area contributed by atoms with Crippen LogP contribution in [0.4, 0.5) is 13.2 Å². The van der Waals surface area contributed by atoms with Crippen LogP contribution in [0.3, 0.4) is 0 Å². The third kappa shape index (κ3) is 9.51. The van der Waals surface area contributed by atoms with Gasteiger partial charge in [0, 0.05) is 5.57 Å². The second-order valence-corrected chi connectivity index (χ2v) is 3.42. The average molecular weight is 239 g/mol. The van der Waals surface area contributed by atoms with Gasteiger partial charge in [0.2, 0.25) is 0 Å². The number of halogens is 3. The van der Waals surface area contributed by atoms with Gasteiger partial charge in [0.15, 0.2) is 0 Å². The first-order valence-corrected chi connectivity index (χ1v) is 4.93. The zero-order valence-electron chi connectivity index (χ0n) is 9.19. The standard InChI is InChI=1S/C10H16F3NO2/c1-8(2)9(15)16-6-4-3-5-14-7-10(11,12)13/h14H,1,3-7H2,2H3. The Bertz CT molecular complexity index is 239. The first kappa shape index (κ1) is 15.0. The highest BCUT2D eigenvalue weighted by Gasteiger charge is 2.25. The zero-order valence-corrected chi connectivity index (χ0v) is 9.19. The lowest BCUT2D eigenvalue weighted by atomic mass is 10.3. The van der Waals surface area contributed by atoms with Gasteiger partial charge in [-0.25, -0.2) is 4.79 Å². The second-order valence-electron chi connectivity index (χ2n) is 3.42. The van der Waals surface area contributed by atoms with E-state index in [-0.39, 0.29) is 13.2 Å². The van der Waals surface area contributed by atoms with Crippen molar-refractivity contribution in [1.82, 2.24) is 5.32 Å². The normalized spacial score (nSPS) is 11.2. The molecule has 0 aromatic carbocycles. The molecule has 0 spiro atoms. The fourth-order valence-corrected chi connectivity index (χ4v) is 0.870. The molecule has 0 unspecified atom stereocenters. The van der Waals surface area contributed by atoms with Gasteiger partial charge in [0.1, 0.15) is 0 Å². The quantitative estimate of drug-likeness (QED) is 0.420. The first-order valence-electron chi connectivity index (χ1n) is 4.93. The lowest BCUT2D eigenvalue weighted by molar-refractivity contribution is -0.139. The maximum absolute atomic E-state index is 11.7. The molecule has 6 heteroatoms. The van der Waals surface area contributed by atoms with Crippen molar-refractivity contribution < 1.29 is 22.7 Å². The summed E-state index contributed by atoms with van der Waals surface area (Å²) in [5.74, 6) is -0.469. The lowest BCUT2D eigenvalue weighted by Gasteiger charge is -2.08. The predicted molar refractivity (Wildman–Crippen MR) is 53.9 cm³/mol. The van der Waals surface area contributed by atoms with Crippen LogP contribution in [0, 0.1) is 0 Å². The molecule has 0 saturated carbocycles. The van der Waals surface area contributed by atoms with Gasteiger partial charge >= 0.3 is 12.1 Å². The summed E-state index contributed by atoms with van der Waals surface area (Å²) in [4.78, 5) is 10.9. The summed E-state index contributed by atoms with van der Waals surface area (Å²) in [6, 6.07) is 0. The molecule has 3 nitrogen and oxygen atoms in total. The number of ether oxygens (including phenoxy) is 1. The van der Waals surface area contributed by atoms with Gasteiger partial charge in [-0.15, -0.1) is 0 Å². The summed E-state index contributed by atoms with van der Waals surface area (Å²) in [5.41, 5.74) is 0.315. The molecule has 0 atom stereocenters. The van der Waals surface area contributed by atoms with Gasteiger partial charge in [-0.2, -0.15) is 13.2 Å². The van der Waals surface area contributed by atoms with E-state index in [0.29, 0.717) is 18.4 Å². The van der Waals surface area contributed by atoms with E-state index in [1.807, 2.05) is 0 Å². The van der Waals surface area contributed by atoms with Crippen molar-refractivity contribution in [3.63, 3.8) is 0 Å². The Kier molecular flexibility index (Phi) is 6.80. The molecule has 0 fully saturated rings. The summed E-state index contributed by atoms with van der Waals surface area (Å²) in [6.45, 7) is 4.41. The summed E-state index contributed by atoms with van der Waals surface area (Å²) in [5, 5.41) is 2.25. The minimum absolute atomic E-state index is 0.208. The zero-order chi connectivity index (χ0) is 12.6. The highest BCUT2D eigenvalue weighted by molar-refractivity contribution is 5.86. The molecule has 0 bridgehead atoms. The van der Waals surface area contributed by atoms with Gasteiger partial charge < -0.3 is 10.1 Å². The van der Waals surface area contributed by atoms with Crippen molar-refractivity contribution in [2.75, 3.05) is 19.7 Å². The van der Waals surface area contributed by atoms with E-state index >= 15 is 0 Å². The lowest BCUT2D eigenvalue weighted by Crippen LogP contribution is -2.29. The van der Waals surface area contributed by atoms with Gasteiger partial charge in [0.25, 0.3) is 0 Å². The number of carbonyl (C=O) groups excluding carboxylic acids is 1. The molecule has 0 aromatic rings. The summed E-state index contributed by atoms with van der Waals surface area (Å²) in [6.07, 6.45) is -3.12. The fraction of sp³-hybridized carbons (Fsp3) is 0.700. The first-order chi connectivity index (χ1) is 7.33. The molecule has 0 amide bonds. The number of esters is 1. The van der Waals surface area contributed by atoms with Crippen LogP contribution in [0.25, 0.3) is 0 Å². The molecule has 0 aromatic heterocycles. The Labute approximate surface area is 92.7 Å². The minimum atomic E-state index is -4.17. The molecule has 0 saturated heterocycles. The third-order valence-electron chi connectivity index (χ3n) is 1.65. The number of nitrogens with one attached hydrogen (secondary N) is 1. The monoisotopic (exact) mass is 239 g/mol. The molecule has 0 aliphatic carbocycles.